The Morgan fingerprint density at radius 2 is 1.83 bits per heavy atom. The van der Waals surface area contributed by atoms with Gasteiger partial charge in [-0.2, -0.15) is 0 Å². The van der Waals surface area contributed by atoms with Gasteiger partial charge in [-0.05, 0) is 50.0 Å². The summed E-state index contributed by atoms with van der Waals surface area (Å²) < 4.78 is 16.2. The lowest BCUT2D eigenvalue weighted by molar-refractivity contribution is -0.130. The number of hydrogen-bond acceptors (Lipinski definition) is 2. The summed E-state index contributed by atoms with van der Waals surface area (Å²) in [4.78, 5) is 18.0. The Balaban J connectivity index is 0.00000117. The smallest absolute Gasteiger partial charge is 0.240 e. The highest BCUT2D eigenvalue weighted by atomic mass is 127. The average Bonchev–Trinajstić information content (AvgIpc) is 3.09. The van der Waals surface area contributed by atoms with Gasteiger partial charge in [-0.1, -0.05) is 40.8 Å². The van der Waals surface area contributed by atoms with E-state index in [2.05, 4.69) is 46.2 Å². The van der Waals surface area contributed by atoms with E-state index in [0.29, 0.717) is 13.1 Å². The van der Waals surface area contributed by atoms with Gasteiger partial charge in [-0.3, -0.25) is 4.79 Å². The van der Waals surface area contributed by atoms with Crippen molar-refractivity contribution < 1.29 is 9.18 Å². The number of hydrogen-bond donors (Lipinski definition) is 0. The zero-order chi connectivity index (χ0) is 21.1. The highest BCUT2D eigenvalue weighted by molar-refractivity contribution is 14.1. The number of aryl methyl sites for hydroxylation is 1. The van der Waals surface area contributed by atoms with Gasteiger partial charge in [0.2, 0.25) is 5.91 Å². The molecule has 0 radical (unpaired) electrons. The van der Waals surface area contributed by atoms with Crippen LogP contribution in [0.5, 0.6) is 0 Å². The first-order chi connectivity index (χ1) is 14.1. The maximum absolute atomic E-state index is 14.0. The number of carbonyl (C=O) groups excluding carboxylic acids is 1. The van der Waals surface area contributed by atoms with Gasteiger partial charge in [0, 0.05) is 46.6 Å². The van der Waals surface area contributed by atoms with Crippen molar-refractivity contribution in [3.05, 3.63) is 53.8 Å². The molecule has 0 bridgehead atoms. The molecule has 3 aromatic rings. The Labute approximate surface area is 189 Å². The quantitative estimate of drug-likeness (QED) is 0.286. The number of para-hydroxylation sites is 1. The normalized spacial score (nSPS) is 14.6. The fourth-order valence-corrected chi connectivity index (χ4v) is 5.40. The molecule has 2 heterocycles. The molecular weight excluding hydrogens is 498 g/mol. The average molecular weight is 524 g/mol. The van der Waals surface area contributed by atoms with Gasteiger partial charge in [0.05, 0.1) is 5.69 Å². The summed E-state index contributed by atoms with van der Waals surface area (Å²) >= 11 is 3.63. The van der Waals surface area contributed by atoms with Gasteiger partial charge >= 0.3 is 0 Å². The third-order valence-corrected chi connectivity index (χ3v) is 6.60. The lowest BCUT2D eigenvalue weighted by atomic mass is 10.0. The van der Waals surface area contributed by atoms with E-state index in [1.54, 1.807) is 6.07 Å². The number of aromatic nitrogens is 1. The second-order valence-corrected chi connectivity index (χ2v) is 7.82. The van der Waals surface area contributed by atoms with Crippen LogP contribution < -0.4 is 0 Å². The number of likely N-dealkylation sites (N-methyl/N-ethyl adjacent to an activating group) is 1. The standard InChI is InChI=1S/C22H23FN2OS.CH3I/c1-4-24(5-2)22(26)21-19-15-9-7-8-10-17(15)25(6-3)20(19)16-12-11-14(23)13-18(16)27-21;1-2/h7-13,21H,4-6H2,1-3H3;1H3. The molecule has 1 aliphatic heterocycles. The fraction of sp³-hybridized carbons (Fsp3) is 0.348. The molecule has 1 atom stereocenters. The molecule has 4 rings (SSSR count). The van der Waals surface area contributed by atoms with Gasteiger partial charge in [-0.15, -0.1) is 11.8 Å². The van der Waals surface area contributed by atoms with Crippen LogP contribution in [-0.4, -0.2) is 33.4 Å². The second kappa shape index (κ2) is 9.51. The first kappa shape index (κ1) is 22.2. The Morgan fingerprint density at radius 1 is 1.14 bits per heavy atom. The maximum atomic E-state index is 14.0. The van der Waals surface area contributed by atoms with Crippen LogP contribution in [0, 0.1) is 5.82 Å². The van der Waals surface area contributed by atoms with Gasteiger partial charge in [0.1, 0.15) is 11.1 Å². The largest absolute Gasteiger partial charge is 0.342 e. The number of halogens is 2. The van der Waals surface area contributed by atoms with Crippen molar-refractivity contribution in [2.45, 2.75) is 37.5 Å². The SMILES string of the molecule is CCN(CC)C(=O)C1Sc2cc(F)ccc2-c2c1c1ccccc1n2CC.CI. The monoisotopic (exact) mass is 524 g/mol. The van der Waals surface area contributed by atoms with Crippen LogP contribution in [0.3, 0.4) is 0 Å². The molecule has 0 saturated carbocycles. The minimum atomic E-state index is -0.355. The Kier molecular flexibility index (Phi) is 7.27. The molecule has 2 aromatic carbocycles. The van der Waals surface area contributed by atoms with Crippen molar-refractivity contribution >= 4 is 51.2 Å². The van der Waals surface area contributed by atoms with Crippen molar-refractivity contribution in [3.8, 4) is 11.3 Å². The van der Waals surface area contributed by atoms with Gasteiger partial charge in [0.25, 0.3) is 0 Å². The van der Waals surface area contributed by atoms with Crippen molar-refractivity contribution in [3.63, 3.8) is 0 Å². The fourth-order valence-electron chi connectivity index (χ4n) is 4.06. The number of nitrogens with zero attached hydrogens (tertiary/aromatic N) is 2. The third-order valence-electron chi connectivity index (χ3n) is 5.33. The topological polar surface area (TPSA) is 25.2 Å². The molecule has 0 saturated heterocycles. The van der Waals surface area contributed by atoms with Crippen molar-refractivity contribution in [2.75, 3.05) is 18.0 Å². The Hall–Kier alpha value is -1.54. The van der Waals surface area contributed by atoms with E-state index in [-0.39, 0.29) is 17.0 Å². The van der Waals surface area contributed by atoms with Crippen LogP contribution in [0.15, 0.2) is 47.4 Å². The number of alkyl halides is 1. The molecule has 154 valence electrons. The van der Waals surface area contributed by atoms with Gasteiger partial charge in [-0.25, -0.2) is 4.39 Å². The van der Waals surface area contributed by atoms with E-state index >= 15 is 0 Å². The summed E-state index contributed by atoms with van der Waals surface area (Å²) in [7, 11) is 0. The first-order valence-corrected chi connectivity index (χ1v) is 12.9. The number of rotatable bonds is 4. The first-order valence-electron chi connectivity index (χ1n) is 9.84. The number of benzene rings is 2. The summed E-state index contributed by atoms with van der Waals surface area (Å²) in [6.45, 7) is 8.24. The zero-order valence-electron chi connectivity index (χ0n) is 17.2. The minimum absolute atomic E-state index is 0.0974. The predicted octanol–water partition coefficient (Wildman–Crippen LogP) is 6.53. The van der Waals surface area contributed by atoms with Crippen LogP contribution in [-0.2, 0) is 11.3 Å². The van der Waals surface area contributed by atoms with Crippen molar-refractivity contribution in [1.29, 1.82) is 0 Å². The third kappa shape index (κ3) is 3.81. The van der Waals surface area contributed by atoms with E-state index in [0.717, 1.165) is 39.2 Å². The summed E-state index contributed by atoms with van der Waals surface area (Å²) in [5, 5.41) is 0.759. The molecule has 0 aliphatic carbocycles. The Morgan fingerprint density at radius 3 is 2.48 bits per heavy atom. The van der Waals surface area contributed by atoms with E-state index in [4.69, 9.17) is 0 Å². The summed E-state index contributed by atoms with van der Waals surface area (Å²) in [5.74, 6) is -0.168. The van der Waals surface area contributed by atoms with E-state index in [9.17, 15) is 9.18 Å². The van der Waals surface area contributed by atoms with Gasteiger partial charge in [0.15, 0.2) is 0 Å². The number of amides is 1. The molecule has 29 heavy (non-hydrogen) atoms. The summed E-state index contributed by atoms with van der Waals surface area (Å²) in [6, 6.07) is 13.2. The molecule has 0 spiro atoms. The molecule has 1 aromatic heterocycles. The van der Waals surface area contributed by atoms with E-state index in [1.807, 2.05) is 41.9 Å². The van der Waals surface area contributed by atoms with Crippen LogP contribution in [0.1, 0.15) is 31.6 Å². The summed E-state index contributed by atoms with van der Waals surface area (Å²) in [5.41, 5.74) is 4.25. The number of fused-ring (bicyclic) bond motifs is 5. The maximum Gasteiger partial charge on any atom is 0.240 e. The molecule has 1 unspecified atom stereocenters. The van der Waals surface area contributed by atoms with Gasteiger partial charge < -0.3 is 9.47 Å². The number of thioether (sulfide) groups is 1. The molecule has 1 aliphatic rings. The molecule has 6 heteroatoms. The van der Waals surface area contributed by atoms with Crippen LogP contribution in [0.4, 0.5) is 4.39 Å². The van der Waals surface area contributed by atoms with Crippen LogP contribution in [0.25, 0.3) is 22.2 Å². The van der Waals surface area contributed by atoms with Crippen LogP contribution in [0.2, 0.25) is 0 Å². The minimum Gasteiger partial charge on any atom is -0.342 e. The molecule has 0 N–H and O–H groups in total. The summed E-state index contributed by atoms with van der Waals surface area (Å²) in [6.07, 6.45) is 0. The predicted molar refractivity (Wildman–Crippen MR) is 129 cm³/mol. The Bertz CT molecular complexity index is 1030. The molecule has 0 fully saturated rings. The van der Waals surface area contributed by atoms with E-state index in [1.165, 1.54) is 17.8 Å². The molecule has 1 amide bonds. The van der Waals surface area contributed by atoms with Crippen molar-refractivity contribution in [2.24, 2.45) is 0 Å². The molecular formula is C23H26FIN2OS. The lowest BCUT2D eigenvalue weighted by Crippen LogP contribution is -2.34. The highest BCUT2D eigenvalue weighted by Crippen LogP contribution is 2.53. The second-order valence-electron chi connectivity index (χ2n) is 6.67. The lowest BCUT2D eigenvalue weighted by Gasteiger charge is -2.30. The van der Waals surface area contributed by atoms with Crippen molar-refractivity contribution in [1.82, 2.24) is 9.47 Å². The highest BCUT2D eigenvalue weighted by Gasteiger charge is 2.37. The zero-order valence-corrected chi connectivity index (χ0v) is 20.2. The molecule has 3 nitrogen and oxygen atoms in total. The number of carbonyl (C=O) groups is 1. The van der Waals surface area contributed by atoms with Crippen LogP contribution >= 0.6 is 34.4 Å². The van der Waals surface area contributed by atoms with E-state index < -0.39 is 0 Å².